The second kappa shape index (κ2) is 8.35. The van der Waals surface area contributed by atoms with Crippen molar-refractivity contribution < 1.29 is 14.1 Å². The summed E-state index contributed by atoms with van der Waals surface area (Å²) in [6.45, 7) is 2.17. The highest BCUT2D eigenvalue weighted by molar-refractivity contribution is 7.08. The molecule has 0 atom stereocenters. The van der Waals surface area contributed by atoms with Crippen LogP contribution in [0, 0.1) is 0 Å². The van der Waals surface area contributed by atoms with Crippen molar-refractivity contribution in [3.8, 4) is 11.4 Å². The molecule has 28 heavy (non-hydrogen) atoms. The second-order valence-corrected chi connectivity index (χ2v) is 7.34. The van der Waals surface area contributed by atoms with Crippen LogP contribution in [0.2, 0.25) is 0 Å². The maximum atomic E-state index is 12.5. The number of thiophene rings is 1. The van der Waals surface area contributed by atoms with E-state index in [4.69, 9.17) is 4.52 Å². The van der Waals surface area contributed by atoms with E-state index < -0.39 is 0 Å². The first-order valence-corrected chi connectivity index (χ1v) is 10.1. The fourth-order valence-corrected chi connectivity index (χ4v) is 3.79. The molecule has 3 heterocycles. The molecule has 0 aliphatic carbocycles. The van der Waals surface area contributed by atoms with E-state index in [9.17, 15) is 9.59 Å². The Hall–Kier alpha value is -3.00. The van der Waals surface area contributed by atoms with Crippen molar-refractivity contribution in [2.45, 2.75) is 12.8 Å². The van der Waals surface area contributed by atoms with Gasteiger partial charge in [0, 0.05) is 55.5 Å². The number of hydrogen-bond acceptors (Lipinski definition) is 6. The zero-order chi connectivity index (χ0) is 19.3. The zero-order valence-corrected chi connectivity index (χ0v) is 16.1. The van der Waals surface area contributed by atoms with Crippen molar-refractivity contribution in [3.63, 3.8) is 0 Å². The molecule has 3 aromatic rings. The quantitative estimate of drug-likeness (QED) is 0.663. The minimum absolute atomic E-state index is 0.0134. The van der Waals surface area contributed by atoms with Gasteiger partial charge in [-0.15, -0.1) is 0 Å². The van der Waals surface area contributed by atoms with Gasteiger partial charge in [-0.2, -0.15) is 16.3 Å². The normalized spacial score (nSPS) is 14.3. The third-order valence-electron chi connectivity index (χ3n) is 4.74. The smallest absolute Gasteiger partial charge is 0.253 e. The molecule has 0 bridgehead atoms. The lowest BCUT2D eigenvalue weighted by molar-refractivity contribution is -0.132. The minimum Gasteiger partial charge on any atom is -0.339 e. The first kappa shape index (κ1) is 18.4. The predicted octanol–water partition coefficient (Wildman–Crippen LogP) is 2.72. The van der Waals surface area contributed by atoms with Gasteiger partial charge in [-0.1, -0.05) is 23.4 Å². The number of nitrogens with zero attached hydrogens (tertiary/aromatic N) is 4. The summed E-state index contributed by atoms with van der Waals surface area (Å²) in [5.74, 6) is 1.07. The van der Waals surface area contributed by atoms with Gasteiger partial charge in [0.2, 0.25) is 17.6 Å². The molecule has 2 amide bonds. The summed E-state index contributed by atoms with van der Waals surface area (Å²) in [4.78, 5) is 32.9. The van der Waals surface area contributed by atoms with Crippen LogP contribution in [-0.2, 0) is 11.2 Å². The number of benzene rings is 1. The topological polar surface area (TPSA) is 79.5 Å². The Morgan fingerprint density at radius 2 is 1.79 bits per heavy atom. The third kappa shape index (κ3) is 4.12. The van der Waals surface area contributed by atoms with Crippen LogP contribution in [0.25, 0.3) is 11.4 Å². The number of hydrogen-bond donors (Lipinski definition) is 0. The SMILES string of the molecule is O=C(CCc1nc(-c2ccsc2)no1)N1CCN(C(=O)c2ccccc2)CC1. The van der Waals surface area contributed by atoms with Crippen molar-refractivity contribution in [2.75, 3.05) is 26.2 Å². The van der Waals surface area contributed by atoms with Gasteiger partial charge in [-0.3, -0.25) is 9.59 Å². The van der Waals surface area contributed by atoms with Crippen molar-refractivity contribution in [2.24, 2.45) is 0 Å². The number of piperazine rings is 1. The Kier molecular flexibility index (Phi) is 5.48. The lowest BCUT2D eigenvalue weighted by atomic mass is 10.1. The summed E-state index contributed by atoms with van der Waals surface area (Å²) < 4.78 is 5.24. The highest BCUT2D eigenvalue weighted by Crippen LogP contribution is 2.19. The Morgan fingerprint density at radius 1 is 1.04 bits per heavy atom. The van der Waals surface area contributed by atoms with Crippen LogP contribution in [0.5, 0.6) is 0 Å². The molecule has 1 saturated heterocycles. The van der Waals surface area contributed by atoms with Crippen molar-refractivity contribution in [1.29, 1.82) is 0 Å². The summed E-state index contributed by atoms with van der Waals surface area (Å²) >= 11 is 1.57. The van der Waals surface area contributed by atoms with E-state index in [1.807, 2.05) is 47.2 Å². The highest BCUT2D eigenvalue weighted by atomic mass is 32.1. The molecule has 144 valence electrons. The summed E-state index contributed by atoms with van der Waals surface area (Å²) in [7, 11) is 0. The fraction of sp³-hybridized carbons (Fsp3) is 0.300. The zero-order valence-electron chi connectivity index (χ0n) is 15.3. The largest absolute Gasteiger partial charge is 0.339 e. The van der Waals surface area contributed by atoms with Crippen molar-refractivity contribution >= 4 is 23.2 Å². The Labute approximate surface area is 166 Å². The molecule has 2 aromatic heterocycles. The molecule has 0 unspecified atom stereocenters. The standard InChI is InChI=1S/C20H20N4O3S/c25-18(7-6-17-21-19(22-27-17)16-8-13-28-14-16)23-9-11-24(12-10-23)20(26)15-4-2-1-3-5-15/h1-5,8,13-14H,6-7,9-12H2. The average molecular weight is 396 g/mol. The fourth-order valence-electron chi connectivity index (χ4n) is 3.16. The first-order valence-electron chi connectivity index (χ1n) is 9.18. The molecule has 1 aliphatic rings. The number of rotatable bonds is 5. The Bertz CT molecular complexity index is 932. The van der Waals surface area contributed by atoms with E-state index in [0.717, 1.165) is 5.56 Å². The summed E-state index contributed by atoms with van der Waals surface area (Å²) in [5.41, 5.74) is 1.60. The van der Waals surface area contributed by atoms with Gasteiger partial charge in [0.25, 0.3) is 5.91 Å². The van der Waals surface area contributed by atoms with Crippen molar-refractivity contribution in [3.05, 3.63) is 58.6 Å². The van der Waals surface area contributed by atoms with Gasteiger partial charge in [0.15, 0.2) is 0 Å². The molecule has 0 spiro atoms. The van der Waals surface area contributed by atoms with Gasteiger partial charge in [-0.05, 0) is 23.6 Å². The van der Waals surface area contributed by atoms with Crippen molar-refractivity contribution in [1.82, 2.24) is 19.9 Å². The molecule has 1 aromatic carbocycles. The third-order valence-corrected chi connectivity index (χ3v) is 5.42. The second-order valence-electron chi connectivity index (χ2n) is 6.56. The number of carbonyl (C=O) groups excluding carboxylic acids is 2. The molecule has 0 saturated carbocycles. The molecule has 0 N–H and O–H groups in total. The molecule has 1 aliphatic heterocycles. The Morgan fingerprint density at radius 3 is 2.50 bits per heavy atom. The lowest BCUT2D eigenvalue weighted by Crippen LogP contribution is -2.50. The van der Waals surface area contributed by atoms with Gasteiger partial charge < -0.3 is 14.3 Å². The van der Waals surface area contributed by atoms with Crippen LogP contribution in [0.1, 0.15) is 22.7 Å². The number of aromatic nitrogens is 2. The van der Waals surface area contributed by atoms with E-state index in [1.165, 1.54) is 0 Å². The number of aryl methyl sites for hydroxylation is 1. The highest BCUT2D eigenvalue weighted by Gasteiger charge is 2.25. The van der Waals surface area contributed by atoms with Crippen LogP contribution in [-0.4, -0.2) is 57.9 Å². The summed E-state index contributed by atoms with van der Waals surface area (Å²) in [6, 6.07) is 11.2. The minimum atomic E-state index is 0.0134. The summed E-state index contributed by atoms with van der Waals surface area (Å²) in [6.07, 6.45) is 0.733. The molecular formula is C20H20N4O3S. The van der Waals surface area contributed by atoms with Gasteiger partial charge in [0.1, 0.15) is 0 Å². The molecule has 4 rings (SSSR count). The van der Waals surface area contributed by atoms with Crippen LogP contribution >= 0.6 is 11.3 Å². The van der Waals surface area contributed by atoms with Gasteiger partial charge in [-0.25, -0.2) is 0 Å². The van der Waals surface area contributed by atoms with E-state index in [-0.39, 0.29) is 11.8 Å². The van der Waals surface area contributed by atoms with Crippen LogP contribution in [0.15, 0.2) is 51.7 Å². The monoisotopic (exact) mass is 396 g/mol. The number of amides is 2. The van der Waals surface area contributed by atoms with E-state index in [2.05, 4.69) is 10.1 Å². The van der Waals surface area contributed by atoms with E-state index >= 15 is 0 Å². The predicted molar refractivity (Wildman–Crippen MR) is 105 cm³/mol. The van der Waals surface area contributed by atoms with Gasteiger partial charge in [0.05, 0.1) is 0 Å². The van der Waals surface area contributed by atoms with Crippen LogP contribution in [0.4, 0.5) is 0 Å². The summed E-state index contributed by atoms with van der Waals surface area (Å²) in [5, 5.41) is 7.87. The van der Waals surface area contributed by atoms with Crippen LogP contribution < -0.4 is 0 Å². The van der Waals surface area contributed by atoms with Gasteiger partial charge >= 0.3 is 0 Å². The molecule has 1 fully saturated rings. The maximum Gasteiger partial charge on any atom is 0.253 e. The molecule has 0 radical (unpaired) electrons. The van der Waals surface area contributed by atoms with Crippen LogP contribution in [0.3, 0.4) is 0 Å². The average Bonchev–Trinajstić information content (AvgIpc) is 3.44. The van der Waals surface area contributed by atoms with E-state index in [0.29, 0.717) is 56.3 Å². The lowest BCUT2D eigenvalue weighted by Gasteiger charge is -2.34. The Balaban J connectivity index is 1.26. The molecule has 7 nitrogen and oxygen atoms in total. The molecular weight excluding hydrogens is 376 g/mol. The molecule has 8 heteroatoms. The first-order chi connectivity index (χ1) is 13.7. The number of carbonyl (C=O) groups is 2. The van der Waals surface area contributed by atoms with E-state index in [1.54, 1.807) is 21.1 Å². The maximum absolute atomic E-state index is 12.5.